The number of rotatable bonds is 3. The Bertz CT molecular complexity index is 119. The number of nitrogens with two attached hydrogens (primary N) is 1. The molecule has 2 N–H and O–H groups in total. The van der Waals surface area contributed by atoms with E-state index in [1.807, 2.05) is 0 Å². The molecular weight excluding hydrogens is 168 g/mol. The molecule has 1 atom stereocenters. The molecule has 0 aliphatic heterocycles. The third-order valence-corrected chi connectivity index (χ3v) is 1.10. The lowest BCUT2D eigenvalue weighted by atomic mass is 10.3. The summed E-state index contributed by atoms with van der Waals surface area (Å²) in [6.45, 7) is 0.275. The van der Waals surface area contributed by atoms with Crippen molar-refractivity contribution in [2.24, 2.45) is 5.73 Å². The van der Waals surface area contributed by atoms with Crippen LogP contribution in [0, 0.1) is 0 Å². The fourth-order valence-corrected chi connectivity index (χ4v) is 0.582. The van der Waals surface area contributed by atoms with Gasteiger partial charge in [-0.25, -0.2) is 0 Å². The molecular formula is C6H15ClN2O2. The summed E-state index contributed by atoms with van der Waals surface area (Å²) in [6, 6.07) is -0.528. The molecule has 11 heavy (non-hydrogen) atoms. The molecule has 0 radical (unpaired) electrons. The Hall–Kier alpha value is -0.320. The average Bonchev–Trinajstić information content (AvgIpc) is 1.87. The molecule has 0 spiro atoms. The Labute approximate surface area is 73.1 Å². The van der Waals surface area contributed by atoms with Crippen molar-refractivity contribution in [3.63, 3.8) is 0 Å². The predicted octanol–water partition coefficient (Wildman–Crippen LogP) is -0.530. The van der Waals surface area contributed by atoms with Crippen LogP contribution in [0.2, 0.25) is 0 Å². The lowest BCUT2D eigenvalue weighted by Gasteiger charge is -2.15. The molecule has 0 heterocycles. The third kappa shape index (κ3) is 5.01. The Balaban J connectivity index is 0. The SMILES string of the molecule is COCC(N)C(=O)N(C)C.Cl. The summed E-state index contributed by atoms with van der Waals surface area (Å²) < 4.78 is 4.70. The highest BCUT2D eigenvalue weighted by molar-refractivity contribution is 5.85. The van der Waals surface area contributed by atoms with Crippen LogP contribution in [0.5, 0.6) is 0 Å². The van der Waals surface area contributed by atoms with Gasteiger partial charge < -0.3 is 15.4 Å². The van der Waals surface area contributed by atoms with E-state index in [2.05, 4.69) is 0 Å². The van der Waals surface area contributed by atoms with Crippen LogP contribution in [-0.4, -0.2) is 44.7 Å². The normalized spacial score (nSPS) is 11.6. The zero-order valence-corrected chi connectivity index (χ0v) is 7.85. The molecule has 0 aromatic carbocycles. The van der Waals surface area contributed by atoms with Crippen molar-refractivity contribution in [1.82, 2.24) is 4.90 Å². The molecule has 0 aromatic rings. The number of hydrogen-bond acceptors (Lipinski definition) is 3. The second-order valence-electron chi connectivity index (χ2n) is 2.29. The summed E-state index contributed by atoms with van der Waals surface area (Å²) in [4.78, 5) is 12.4. The standard InChI is InChI=1S/C6H14N2O2.ClH/c1-8(2)6(9)5(7)4-10-3;/h5H,4,7H2,1-3H3;1H. The van der Waals surface area contributed by atoms with Gasteiger partial charge in [0.05, 0.1) is 6.61 Å². The van der Waals surface area contributed by atoms with Crippen molar-refractivity contribution in [2.45, 2.75) is 6.04 Å². The van der Waals surface area contributed by atoms with E-state index in [0.29, 0.717) is 0 Å². The van der Waals surface area contributed by atoms with Crippen LogP contribution >= 0.6 is 12.4 Å². The van der Waals surface area contributed by atoms with E-state index in [1.165, 1.54) is 12.0 Å². The summed E-state index contributed by atoms with van der Waals surface area (Å²) >= 11 is 0. The lowest BCUT2D eigenvalue weighted by Crippen LogP contribution is -2.42. The smallest absolute Gasteiger partial charge is 0.241 e. The van der Waals surface area contributed by atoms with Crippen LogP contribution < -0.4 is 5.73 Å². The average molecular weight is 183 g/mol. The summed E-state index contributed by atoms with van der Waals surface area (Å²) in [5.41, 5.74) is 5.41. The number of halogens is 1. The summed E-state index contributed by atoms with van der Waals surface area (Å²) in [5, 5.41) is 0. The molecule has 0 aromatic heterocycles. The number of nitrogens with zero attached hydrogens (tertiary/aromatic N) is 1. The first-order chi connectivity index (χ1) is 4.59. The van der Waals surface area contributed by atoms with E-state index >= 15 is 0 Å². The first-order valence-corrected chi connectivity index (χ1v) is 3.05. The van der Waals surface area contributed by atoms with Crippen LogP contribution in [0.15, 0.2) is 0 Å². The highest BCUT2D eigenvalue weighted by Gasteiger charge is 2.13. The van der Waals surface area contributed by atoms with E-state index in [-0.39, 0.29) is 24.9 Å². The first-order valence-electron chi connectivity index (χ1n) is 3.05. The van der Waals surface area contributed by atoms with E-state index < -0.39 is 6.04 Å². The van der Waals surface area contributed by atoms with Gasteiger partial charge in [-0.3, -0.25) is 4.79 Å². The monoisotopic (exact) mass is 182 g/mol. The van der Waals surface area contributed by atoms with Gasteiger partial charge in [-0.05, 0) is 0 Å². The molecule has 68 valence electrons. The zero-order valence-electron chi connectivity index (χ0n) is 7.03. The van der Waals surface area contributed by atoms with Gasteiger partial charge >= 0.3 is 0 Å². The molecule has 4 nitrogen and oxygen atoms in total. The minimum atomic E-state index is -0.528. The third-order valence-electron chi connectivity index (χ3n) is 1.10. The molecule has 5 heteroatoms. The first kappa shape index (κ1) is 13.3. The topological polar surface area (TPSA) is 55.6 Å². The van der Waals surface area contributed by atoms with Crippen molar-refractivity contribution in [3.8, 4) is 0 Å². The minimum Gasteiger partial charge on any atom is -0.383 e. The number of hydrogen-bond donors (Lipinski definition) is 1. The van der Waals surface area contributed by atoms with Gasteiger partial charge in [0, 0.05) is 21.2 Å². The number of amides is 1. The van der Waals surface area contributed by atoms with Crippen LogP contribution in [0.1, 0.15) is 0 Å². The number of ether oxygens (including phenoxy) is 1. The molecule has 0 fully saturated rings. The van der Waals surface area contributed by atoms with Gasteiger partial charge in [0.2, 0.25) is 5.91 Å². The van der Waals surface area contributed by atoms with Gasteiger partial charge in [0.25, 0.3) is 0 Å². The maximum Gasteiger partial charge on any atom is 0.241 e. The number of methoxy groups -OCH3 is 1. The predicted molar refractivity (Wildman–Crippen MR) is 45.8 cm³/mol. The second-order valence-corrected chi connectivity index (χ2v) is 2.29. The molecule has 1 amide bonds. The van der Waals surface area contributed by atoms with Gasteiger partial charge in [0.15, 0.2) is 0 Å². The van der Waals surface area contributed by atoms with Crippen molar-refractivity contribution >= 4 is 18.3 Å². The summed E-state index contributed by atoms with van der Waals surface area (Å²) in [5.74, 6) is -0.109. The summed E-state index contributed by atoms with van der Waals surface area (Å²) in [6.07, 6.45) is 0. The molecule has 0 saturated carbocycles. The highest BCUT2D eigenvalue weighted by atomic mass is 35.5. The highest BCUT2D eigenvalue weighted by Crippen LogP contribution is 1.85. The van der Waals surface area contributed by atoms with Crippen molar-refractivity contribution in [1.29, 1.82) is 0 Å². The van der Waals surface area contributed by atoms with Crippen LogP contribution in [0.4, 0.5) is 0 Å². The Morgan fingerprint density at radius 1 is 1.64 bits per heavy atom. The molecule has 0 bridgehead atoms. The molecule has 0 aliphatic carbocycles. The van der Waals surface area contributed by atoms with Crippen LogP contribution in [-0.2, 0) is 9.53 Å². The van der Waals surface area contributed by atoms with Gasteiger partial charge in [-0.2, -0.15) is 0 Å². The Kier molecular flexibility index (Phi) is 7.72. The van der Waals surface area contributed by atoms with Crippen molar-refractivity contribution < 1.29 is 9.53 Å². The quantitative estimate of drug-likeness (QED) is 0.639. The minimum absolute atomic E-state index is 0. The largest absolute Gasteiger partial charge is 0.383 e. The van der Waals surface area contributed by atoms with Gasteiger partial charge in [0.1, 0.15) is 6.04 Å². The zero-order chi connectivity index (χ0) is 8.15. The van der Waals surface area contributed by atoms with E-state index in [4.69, 9.17) is 10.5 Å². The van der Waals surface area contributed by atoms with Crippen molar-refractivity contribution in [3.05, 3.63) is 0 Å². The molecule has 1 unspecified atom stereocenters. The number of likely N-dealkylation sites (N-methyl/N-ethyl adjacent to an activating group) is 1. The van der Waals surface area contributed by atoms with E-state index in [9.17, 15) is 4.79 Å². The number of carbonyl (C=O) groups is 1. The summed E-state index contributed by atoms with van der Waals surface area (Å²) in [7, 11) is 4.85. The molecule has 0 aliphatic rings. The maximum atomic E-state index is 11.0. The fourth-order valence-electron chi connectivity index (χ4n) is 0.582. The van der Waals surface area contributed by atoms with Gasteiger partial charge in [-0.1, -0.05) is 0 Å². The molecule has 0 saturated heterocycles. The second kappa shape index (κ2) is 6.39. The number of carbonyl (C=O) groups excluding carboxylic acids is 1. The maximum absolute atomic E-state index is 11.0. The Morgan fingerprint density at radius 3 is 2.36 bits per heavy atom. The molecule has 0 rings (SSSR count). The fraction of sp³-hybridized carbons (Fsp3) is 0.833. The van der Waals surface area contributed by atoms with E-state index in [0.717, 1.165) is 0 Å². The van der Waals surface area contributed by atoms with E-state index in [1.54, 1.807) is 14.1 Å². The van der Waals surface area contributed by atoms with Crippen molar-refractivity contribution in [2.75, 3.05) is 27.8 Å². The van der Waals surface area contributed by atoms with Gasteiger partial charge in [-0.15, -0.1) is 12.4 Å². The van der Waals surface area contributed by atoms with Crippen LogP contribution in [0.3, 0.4) is 0 Å². The lowest BCUT2D eigenvalue weighted by molar-refractivity contribution is -0.131. The van der Waals surface area contributed by atoms with Crippen LogP contribution in [0.25, 0.3) is 0 Å². The Morgan fingerprint density at radius 2 is 2.09 bits per heavy atom.